The van der Waals surface area contributed by atoms with E-state index in [0.29, 0.717) is 50.9 Å². The van der Waals surface area contributed by atoms with E-state index < -0.39 is 21.2 Å². The molecular formula is C58H90N6O8+2. The van der Waals surface area contributed by atoms with Gasteiger partial charge >= 0.3 is 24.0 Å². The minimum Gasteiger partial charge on any atom is -0.488 e. The first-order valence-electron chi connectivity index (χ1n) is 28.4. The highest BCUT2D eigenvalue weighted by Gasteiger charge is 2.57. The molecule has 0 aromatic heterocycles. The third-order valence-corrected chi connectivity index (χ3v) is 16.5. The molecule has 14 heteroatoms. The lowest BCUT2D eigenvalue weighted by Crippen LogP contribution is -2.57. The molecule has 6 fully saturated rings. The summed E-state index contributed by atoms with van der Waals surface area (Å²) < 4.78 is 11.6. The van der Waals surface area contributed by atoms with Gasteiger partial charge < -0.3 is 19.3 Å². The van der Waals surface area contributed by atoms with E-state index >= 15 is 0 Å². The Morgan fingerprint density at radius 2 is 0.861 bits per heavy atom. The Labute approximate surface area is 431 Å². The first-order chi connectivity index (χ1) is 34.5. The molecule has 4 heterocycles. The monoisotopic (exact) mass is 999 g/mol. The molecule has 8 rings (SSSR count). The van der Waals surface area contributed by atoms with E-state index in [9.17, 15) is 19.2 Å². The van der Waals surface area contributed by atoms with Crippen molar-refractivity contribution in [2.24, 2.45) is 0 Å². The summed E-state index contributed by atoms with van der Waals surface area (Å²) in [5.41, 5.74) is 2.03. The van der Waals surface area contributed by atoms with Crippen molar-refractivity contribution in [2.45, 2.75) is 192 Å². The minimum absolute atomic E-state index is 0.107. The van der Waals surface area contributed by atoms with Gasteiger partial charge in [0.15, 0.2) is 0 Å². The number of quaternary nitrogens is 2. The number of benzene rings is 2. The number of para-hydroxylation sites is 2. The number of hydrogen-bond acceptors (Lipinski definition) is 10. The van der Waals surface area contributed by atoms with Gasteiger partial charge in [0.1, 0.15) is 48.9 Å². The van der Waals surface area contributed by atoms with E-state index in [-0.39, 0.29) is 48.4 Å². The smallest absolute Gasteiger partial charge is 0.481 e. The zero-order chi connectivity index (χ0) is 50.9. The summed E-state index contributed by atoms with van der Waals surface area (Å²) in [4.78, 5) is 78.7. The molecule has 14 nitrogen and oxygen atoms in total. The molecule has 2 aromatic carbocycles. The summed E-state index contributed by atoms with van der Waals surface area (Å²) in [6, 6.07) is 16.6. The van der Waals surface area contributed by atoms with Gasteiger partial charge in [-0.05, 0) is 180 Å². The second-order valence-corrected chi connectivity index (χ2v) is 24.1. The van der Waals surface area contributed by atoms with Crippen molar-refractivity contribution in [3.05, 3.63) is 59.7 Å². The molecule has 4 amide bonds. The summed E-state index contributed by atoms with van der Waals surface area (Å²) >= 11 is 0. The predicted octanol–water partition coefficient (Wildman–Crippen LogP) is 10.7. The molecule has 0 N–H and O–H groups in total. The van der Waals surface area contributed by atoms with Crippen molar-refractivity contribution >= 4 is 24.0 Å². The summed E-state index contributed by atoms with van der Waals surface area (Å²) in [6.07, 6.45) is 17.5. The summed E-state index contributed by atoms with van der Waals surface area (Å²) in [6.45, 7) is 20.3. The molecule has 2 aliphatic carbocycles. The average molecular weight is 999 g/mol. The third-order valence-electron chi connectivity index (χ3n) is 16.5. The largest absolute Gasteiger partial charge is 0.488 e. The van der Waals surface area contributed by atoms with Gasteiger partial charge in [0, 0.05) is 24.9 Å². The maximum atomic E-state index is 14.6. The molecule has 0 radical (unpaired) electrons. The summed E-state index contributed by atoms with van der Waals surface area (Å²) in [7, 11) is 0. The van der Waals surface area contributed by atoms with E-state index in [4.69, 9.17) is 19.1 Å². The molecule has 2 saturated carbocycles. The standard InChI is InChI=1S/C58H90N6O8/c1-57(2,3)69-51-27-15-13-25-49(51)45-29-35-59(36-30-45)33-17-19-41-63(43-39-61(55(63)67)47-21-9-7-10-22-47)71-53(65)54(66)72-64(44-40-62(56(64)68)48-23-11-8-12-24-48)42-20-18-34-60-37-31-46(32-38-60)50-26-14-16-28-52(50)70-58(4,5)6/h13-16,25-28,45-48H,7-12,17-24,29-44H2,1-6H3/q+2. The molecule has 6 aliphatic rings. The number of urea groups is 2. The van der Waals surface area contributed by atoms with Gasteiger partial charge in [-0.1, -0.05) is 84.2 Å². The Morgan fingerprint density at radius 3 is 1.22 bits per heavy atom. The highest BCUT2D eigenvalue weighted by molar-refractivity contribution is 6.29. The normalized spacial score (nSPS) is 25.0. The molecule has 398 valence electrons. The molecule has 72 heavy (non-hydrogen) atoms. The van der Waals surface area contributed by atoms with Crippen molar-refractivity contribution < 1.29 is 47.6 Å². The average Bonchev–Trinajstić information content (AvgIpc) is 3.86. The van der Waals surface area contributed by atoms with Crippen LogP contribution in [0.5, 0.6) is 11.5 Å². The number of likely N-dealkylation sites (tertiary alicyclic amines) is 2. The van der Waals surface area contributed by atoms with Crippen LogP contribution < -0.4 is 9.47 Å². The van der Waals surface area contributed by atoms with Crippen molar-refractivity contribution in [1.29, 1.82) is 0 Å². The lowest BCUT2D eigenvalue weighted by molar-refractivity contribution is -1.02. The SMILES string of the molecule is CC(C)(C)Oc1ccccc1C1CCN(CCCC[N+]2(OC(=O)C(=O)O[N+]3(CCCCN4CCC(c5ccccc5OC(C)(C)C)CC4)CCN(C4CCCCC4)C3=O)CCN(C3CCCCC3)C2=O)CC1. The summed E-state index contributed by atoms with van der Waals surface area (Å²) in [5.74, 6) is 0.441. The zero-order valence-corrected chi connectivity index (χ0v) is 45.1. The van der Waals surface area contributed by atoms with E-state index in [0.717, 1.165) is 154 Å². The number of amides is 4. The van der Waals surface area contributed by atoms with Gasteiger partial charge in [0.2, 0.25) is 0 Å². The van der Waals surface area contributed by atoms with Crippen molar-refractivity contribution in [2.75, 3.05) is 78.5 Å². The fraction of sp³-hybridized carbons (Fsp3) is 0.724. The first kappa shape index (κ1) is 54.0. The maximum Gasteiger partial charge on any atom is 0.481 e. The molecule has 4 aliphatic heterocycles. The van der Waals surface area contributed by atoms with Gasteiger partial charge in [-0.2, -0.15) is 0 Å². The van der Waals surface area contributed by atoms with Crippen LogP contribution in [0, 0.1) is 0 Å². The zero-order valence-electron chi connectivity index (χ0n) is 45.1. The van der Waals surface area contributed by atoms with Gasteiger partial charge in [-0.15, -0.1) is 0 Å². The second kappa shape index (κ2) is 24.0. The first-order valence-corrected chi connectivity index (χ1v) is 28.4. The fourth-order valence-electron chi connectivity index (χ4n) is 12.7. The minimum atomic E-state index is -1.19. The van der Waals surface area contributed by atoms with Crippen molar-refractivity contribution in [3.63, 3.8) is 0 Å². The van der Waals surface area contributed by atoms with E-state index in [1.54, 1.807) is 0 Å². The third kappa shape index (κ3) is 13.7. The molecule has 2 aromatic rings. The van der Waals surface area contributed by atoms with Crippen LogP contribution in [0.2, 0.25) is 0 Å². The van der Waals surface area contributed by atoms with Crippen LogP contribution in [-0.2, 0) is 19.3 Å². The number of ether oxygens (including phenoxy) is 2. The molecule has 2 unspecified atom stereocenters. The number of rotatable bonds is 18. The highest BCUT2D eigenvalue weighted by Crippen LogP contribution is 2.38. The topological polar surface area (TPSA) is 118 Å². The highest BCUT2D eigenvalue weighted by atomic mass is 16.8. The van der Waals surface area contributed by atoms with Crippen LogP contribution in [0.4, 0.5) is 9.59 Å². The predicted molar refractivity (Wildman–Crippen MR) is 279 cm³/mol. The van der Waals surface area contributed by atoms with Gasteiger partial charge in [0.25, 0.3) is 0 Å². The lowest BCUT2D eigenvalue weighted by Gasteiger charge is -2.34. The van der Waals surface area contributed by atoms with Crippen LogP contribution in [0.3, 0.4) is 0 Å². The van der Waals surface area contributed by atoms with E-state index in [1.807, 2.05) is 21.9 Å². The van der Waals surface area contributed by atoms with Gasteiger partial charge in [-0.3, -0.25) is 19.5 Å². The molecule has 0 bridgehead atoms. The number of hydrogen-bond donors (Lipinski definition) is 0. The van der Waals surface area contributed by atoms with Crippen LogP contribution in [0.1, 0.15) is 180 Å². The number of nitrogens with zero attached hydrogens (tertiary/aromatic N) is 6. The second-order valence-electron chi connectivity index (χ2n) is 24.1. The van der Waals surface area contributed by atoms with E-state index in [1.165, 1.54) is 11.1 Å². The Morgan fingerprint density at radius 1 is 0.500 bits per heavy atom. The van der Waals surface area contributed by atoms with Gasteiger partial charge in [-0.25, -0.2) is 19.2 Å². The Bertz CT molecular complexity index is 1980. The number of unbranched alkanes of at least 4 members (excludes halogenated alkanes) is 2. The maximum absolute atomic E-state index is 14.6. The van der Waals surface area contributed by atoms with E-state index in [2.05, 4.69) is 87.7 Å². The molecular weight excluding hydrogens is 909 g/mol. The molecule has 0 spiro atoms. The summed E-state index contributed by atoms with van der Waals surface area (Å²) in [5, 5.41) is 0. The fourth-order valence-corrected chi connectivity index (χ4v) is 12.7. The molecule has 4 saturated heterocycles. The Hall–Kier alpha value is -4.24. The molecule has 2 atom stereocenters. The lowest BCUT2D eigenvalue weighted by atomic mass is 9.88. The van der Waals surface area contributed by atoms with Crippen LogP contribution >= 0.6 is 0 Å². The van der Waals surface area contributed by atoms with Crippen LogP contribution in [-0.4, -0.2) is 155 Å². The quantitative estimate of drug-likeness (QED) is 0.0811. The number of piperidine rings is 2. The number of carbonyl (C=O) groups excluding carboxylic acids is 4. The Balaban J connectivity index is 0.878. The van der Waals surface area contributed by atoms with Crippen molar-refractivity contribution in [3.8, 4) is 11.5 Å². The van der Waals surface area contributed by atoms with Crippen molar-refractivity contribution in [1.82, 2.24) is 19.6 Å². The van der Waals surface area contributed by atoms with Crippen LogP contribution in [0.25, 0.3) is 0 Å². The Kier molecular flexibility index (Phi) is 18.0. The van der Waals surface area contributed by atoms with Gasteiger partial charge in [0.05, 0.1) is 13.1 Å². The number of hydroxylamine groups is 6. The number of carbonyl (C=O) groups is 4. The van der Waals surface area contributed by atoms with Crippen LogP contribution in [0.15, 0.2) is 48.5 Å².